The zero-order valence-corrected chi connectivity index (χ0v) is 13.5. The topological polar surface area (TPSA) is 62.2 Å². The maximum absolute atomic E-state index is 12.3. The van der Waals surface area contributed by atoms with Gasteiger partial charge < -0.3 is 10.4 Å². The van der Waals surface area contributed by atoms with Crippen molar-refractivity contribution < 1.29 is 9.90 Å². The van der Waals surface area contributed by atoms with Crippen molar-refractivity contribution in [1.29, 1.82) is 0 Å². The summed E-state index contributed by atoms with van der Waals surface area (Å²) < 4.78 is 0. The summed E-state index contributed by atoms with van der Waals surface area (Å²) in [6.07, 6.45) is 6.97. The van der Waals surface area contributed by atoms with E-state index >= 15 is 0 Å². The Balaban J connectivity index is 1.98. The SMILES string of the molecule is CCCC[C@H](NC(=O)Cc1ccc(CO)cc1)c1cccnc1. The predicted octanol–water partition coefficient (Wildman–Crippen LogP) is 3.16. The third-order valence-corrected chi connectivity index (χ3v) is 3.84. The fourth-order valence-corrected chi connectivity index (χ4v) is 2.51. The van der Waals surface area contributed by atoms with Crippen molar-refractivity contribution in [2.45, 2.75) is 45.3 Å². The molecular formula is C19H24N2O2. The standard InChI is InChI=1S/C19H24N2O2/c1-2-3-6-18(17-5-4-11-20-13-17)21-19(23)12-15-7-9-16(14-22)10-8-15/h4-5,7-11,13,18,22H,2-3,6,12,14H2,1H3,(H,21,23)/t18-/m0/s1. The first kappa shape index (κ1) is 17.2. The molecule has 4 heteroatoms. The maximum atomic E-state index is 12.3. The van der Waals surface area contributed by atoms with E-state index < -0.39 is 0 Å². The highest BCUT2D eigenvalue weighted by Gasteiger charge is 2.14. The molecule has 4 nitrogen and oxygen atoms in total. The molecule has 0 spiro atoms. The van der Waals surface area contributed by atoms with Gasteiger partial charge in [-0.1, -0.05) is 50.1 Å². The minimum atomic E-state index is 0.00621. The average Bonchev–Trinajstić information content (AvgIpc) is 2.60. The Hall–Kier alpha value is -2.20. The van der Waals surface area contributed by atoms with Crippen LogP contribution >= 0.6 is 0 Å². The zero-order chi connectivity index (χ0) is 16.5. The summed E-state index contributed by atoms with van der Waals surface area (Å²) >= 11 is 0. The lowest BCUT2D eigenvalue weighted by Crippen LogP contribution is -2.30. The molecule has 0 radical (unpaired) electrons. The van der Waals surface area contributed by atoms with E-state index in [4.69, 9.17) is 5.11 Å². The molecule has 0 aliphatic carbocycles. The van der Waals surface area contributed by atoms with E-state index in [9.17, 15) is 4.79 Å². The van der Waals surface area contributed by atoms with Gasteiger partial charge >= 0.3 is 0 Å². The number of benzene rings is 1. The normalized spacial score (nSPS) is 11.9. The molecular weight excluding hydrogens is 288 g/mol. The number of nitrogens with one attached hydrogen (secondary N) is 1. The Morgan fingerprint density at radius 1 is 1.22 bits per heavy atom. The maximum Gasteiger partial charge on any atom is 0.224 e. The van der Waals surface area contributed by atoms with Crippen LogP contribution in [0.5, 0.6) is 0 Å². The van der Waals surface area contributed by atoms with Crippen LogP contribution in [-0.2, 0) is 17.8 Å². The molecule has 1 aromatic heterocycles. The van der Waals surface area contributed by atoms with Crippen molar-refractivity contribution in [1.82, 2.24) is 10.3 Å². The third kappa shape index (κ3) is 5.49. The van der Waals surface area contributed by atoms with Gasteiger partial charge in [0.25, 0.3) is 0 Å². The van der Waals surface area contributed by atoms with Crippen molar-refractivity contribution in [3.63, 3.8) is 0 Å². The number of carbonyl (C=O) groups is 1. The second-order valence-corrected chi connectivity index (χ2v) is 5.70. The molecule has 0 saturated heterocycles. The Bertz CT molecular complexity index is 597. The van der Waals surface area contributed by atoms with Gasteiger partial charge in [-0.3, -0.25) is 9.78 Å². The smallest absolute Gasteiger partial charge is 0.224 e. The number of amides is 1. The summed E-state index contributed by atoms with van der Waals surface area (Å²) in [5, 5.41) is 12.2. The van der Waals surface area contributed by atoms with Gasteiger partial charge in [-0.15, -0.1) is 0 Å². The zero-order valence-electron chi connectivity index (χ0n) is 13.5. The fourth-order valence-electron chi connectivity index (χ4n) is 2.51. The van der Waals surface area contributed by atoms with Crippen molar-refractivity contribution in [2.75, 3.05) is 0 Å². The second kappa shape index (κ2) is 9.06. The van der Waals surface area contributed by atoms with Crippen LogP contribution in [0.25, 0.3) is 0 Å². The van der Waals surface area contributed by atoms with Gasteiger partial charge in [-0.05, 0) is 29.2 Å². The number of rotatable bonds is 8. The minimum Gasteiger partial charge on any atom is -0.392 e. The predicted molar refractivity (Wildman–Crippen MR) is 90.7 cm³/mol. The second-order valence-electron chi connectivity index (χ2n) is 5.70. The first-order chi connectivity index (χ1) is 11.2. The van der Waals surface area contributed by atoms with E-state index in [1.54, 1.807) is 6.20 Å². The van der Waals surface area contributed by atoms with Crippen molar-refractivity contribution in [2.24, 2.45) is 0 Å². The molecule has 0 bridgehead atoms. The highest BCUT2D eigenvalue weighted by Crippen LogP contribution is 2.18. The Morgan fingerprint density at radius 3 is 2.57 bits per heavy atom. The van der Waals surface area contributed by atoms with Gasteiger partial charge in [0.05, 0.1) is 19.1 Å². The van der Waals surface area contributed by atoms with Crippen LogP contribution < -0.4 is 5.32 Å². The molecule has 2 rings (SSSR count). The number of pyridine rings is 1. The van der Waals surface area contributed by atoms with Crippen LogP contribution in [0.4, 0.5) is 0 Å². The molecule has 0 saturated carbocycles. The molecule has 1 atom stereocenters. The summed E-state index contributed by atoms with van der Waals surface area (Å²) in [7, 11) is 0. The molecule has 2 aromatic rings. The number of hydrogen-bond donors (Lipinski definition) is 2. The van der Waals surface area contributed by atoms with Gasteiger partial charge in [0.1, 0.15) is 0 Å². The van der Waals surface area contributed by atoms with E-state index in [1.165, 1.54) is 0 Å². The highest BCUT2D eigenvalue weighted by molar-refractivity contribution is 5.79. The summed E-state index contributed by atoms with van der Waals surface area (Å²) in [6, 6.07) is 11.4. The summed E-state index contributed by atoms with van der Waals surface area (Å²) in [5.74, 6) is 0.00621. The van der Waals surface area contributed by atoms with E-state index in [1.807, 2.05) is 42.6 Å². The molecule has 122 valence electrons. The van der Waals surface area contributed by atoms with Gasteiger partial charge in [0.2, 0.25) is 5.91 Å². The van der Waals surface area contributed by atoms with Gasteiger partial charge in [0, 0.05) is 12.4 Å². The van der Waals surface area contributed by atoms with Crippen LogP contribution in [0, 0.1) is 0 Å². The summed E-state index contributed by atoms with van der Waals surface area (Å²) in [6.45, 7) is 2.16. The molecule has 23 heavy (non-hydrogen) atoms. The molecule has 0 aliphatic heterocycles. The molecule has 0 fully saturated rings. The van der Waals surface area contributed by atoms with Gasteiger partial charge in [-0.25, -0.2) is 0 Å². The number of aliphatic hydroxyl groups is 1. The van der Waals surface area contributed by atoms with E-state index in [0.717, 1.165) is 36.0 Å². The molecule has 0 unspecified atom stereocenters. The van der Waals surface area contributed by atoms with Crippen LogP contribution in [0.1, 0.15) is 48.9 Å². The van der Waals surface area contributed by atoms with Crippen LogP contribution in [-0.4, -0.2) is 16.0 Å². The van der Waals surface area contributed by atoms with Crippen molar-refractivity contribution in [3.05, 3.63) is 65.5 Å². The van der Waals surface area contributed by atoms with Gasteiger partial charge in [-0.2, -0.15) is 0 Å². The molecule has 0 aliphatic rings. The lowest BCUT2D eigenvalue weighted by molar-refractivity contribution is -0.121. The lowest BCUT2D eigenvalue weighted by Gasteiger charge is -2.19. The number of unbranched alkanes of at least 4 members (excludes halogenated alkanes) is 1. The largest absolute Gasteiger partial charge is 0.392 e. The van der Waals surface area contributed by atoms with Crippen molar-refractivity contribution >= 4 is 5.91 Å². The molecule has 1 aromatic carbocycles. The first-order valence-corrected chi connectivity index (χ1v) is 8.11. The molecule has 2 N–H and O–H groups in total. The summed E-state index contributed by atoms with van der Waals surface area (Å²) in [4.78, 5) is 16.5. The monoisotopic (exact) mass is 312 g/mol. The Kier molecular flexibility index (Phi) is 6.76. The number of aromatic nitrogens is 1. The number of aliphatic hydroxyl groups excluding tert-OH is 1. The fraction of sp³-hybridized carbons (Fsp3) is 0.368. The Labute approximate surface area is 137 Å². The summed E-state index contributed by atoms with van der Waals surface area (Å²) in [5.41, 5.74) is 2.84. The van der Waals surface area contributed by atoms with E-state index in [-0.39, 0.29) is 18.6 Å². The van der Waals surface area contributed by atoms with E-state index in [0.29, 0.717) is 6.42 Å². The Morgan fingerprint density at radius 2 is 1.96 bits per heavy atom. The first-order valence-electron chi connectivity index (χ1n) is 8.11. The lowest BCUT2D eigenvalue weighted by atomic mass is 10.0. The number of hydrogen-bond acceptors (Lipinski definition) is 3. The average molecular weight is 312 g/mol. The highest BCUT2D eigenvalue weighted by atomic mass is 16.3. The number of carbonyl (C=O) groups excluding carboxylic acids is 1. The van der Waals surface area contributed by atoms with Crippen molar-refractivity contribution in [3.8, 4) is 0 Å². The quantitative estimate of drug-likeness (QED) is 0.787. The number of nitrogens with zero attached hydrogens (tertiary/aromatic N) is 1. The van der Waals surface area contributed by atoms with Crippen LogP contribution in [0.3, 0.4) is 0 Å². The molecule has 1 amide bonds. The minimum absolute atomic E-state index is 0.00621. The molecule has 1 heterocycles. The third-order valence-electron chi connectivity index (χ3n) is 3.84. The van der Waals surface area contributed by atoms with Gasteiger partial charge in [0.15, 0.2) is 0 Å². The van der Waals surface area contributed by atoms with Crippen LogP contribution in [0.2, 0.25) is 0 Å². The van der Waals surface area contributed by atoms with Crippen LogP contribution in [0.15, 0.2) is 48.8 Å². The van der Waals surface area contributed by atoms with E-state index in [2.05, 4.69) is 17.2 Å².